The SMILES string of the molecule is CCCc1cccc(-c2nn(CC(=O)OC)c3ccccc23)c1. The summed E-state index contributed by atoms with van der Waals surface area (Å²) in [6.45, 7) is 2.29. The minimum atomic E-state index is -0.301. The van der Waals surface area contributed by atoms with Gasteiger partial charge in [-0.3, -0.25) is 9.48 Å². The fourth-order valence-corrected chi connectivity index (χ4v) is 2.81. The lowest BCUT2D eigenvalue weighted by molar-refractivity contribution is -0.141. The number of para-hydroxylation sites is 1. The summed E-state index contributed by atoms with van der Waals surface area (Å²) in [6.07, 6.45) is 2.16. The fourth-order valence-electron chi connectivity index (χ4n) is 2.81. The zero-order chi connectivity index (χ0) is 16.2. The molecule has 4 heteroatoms. The predicted molar refractivity (Wildman–Crippen MR) is 91.2 cm³/mol. The van der Waals surface area contributed by atoms with Gasteiger partial charge in [0, 0.05) is 10.9 Å². The Balaban J connectivity index is 2.10. The zero-order valence-corrected chi connectivity index (χ0v) is 13.5. The lowest BCUT2D eigenvalue weighted by Crippen LogP contribution is -2.12. The largest absolute Gasteiger partial charge is 0.468 e. The zero-order valence-electron chi connectivity index (χ0n) is 13.5. The van der Waals surface area contributed by atoms with Crippen molar-refractivity contribution in [3.05, 3.63) is 54.1 Å². The second-order valence-corrected chi connectivity index (χ2v) is 5.55. The number of ether oxygens (including phenoxy) is 1. The first-order valence-electron chi connectivity index (χ1n) is 7.84. The Hall–Kier alpha value is -2.62. The van der Waals surface area contributed by atoms with E-state index in [1.807, 2.05) is 24.3 Å². The van der Waals surface area contributed by atoms with Crippen molar-refractivity contribution in [3.63, 3.8) is 0 Å². The standard InChI is InChI=1S/C19H20N2O2/c1-3-7-14-8-6-9-15(12-14)19-16-10-4-5-11-17(16)21(20-19)13-18(22)23-2/h4-6,8-12H,3,7,13H2,1-2H3. The van der Waals surface area contributed by atoms with Crippen molar-refractivity contribution >= 4 is 16.9 Å². The molecule has 0 fully saturated rings. The van der Waals surface area contributed by atoms with Crippen LogP contribution in [-0.2, 0) is 22.5 Å². The average Bonchev–Trinajstić information content (AvgIpc) is 2.94. The molecule has 2 aromatic carbocycles. The third-order valence-electron chi connectivity index (χ3n) is 3.90. The molecule has 0 spiro atoms. The summed E-state index contributed by atoms with van der Waals surface area (Å²) in [5, 5.41) is 5.71. The molecule has 0 saturated heterocycles. The van der Waals surface area contributed by atoms with E-state index < -0.39 is 0 Å². The summed E-state index contributed by atoms with van der Waals surface area (Å²) in [5.74, 6) is -0.301. The molecule has 0 aliphatic carbocycles. The van der Waals surface area contributed by atoms with Gasteiger partial charge in [-0.15, -0.1) is 0 Å². The first-order valence-corrected chi connectivity index (χ1v) is 7.84. The molecular formula is C19H20N2O2. The number of fused-ring (bicyclic) bond motifs is 1. The van der Waals surface area contributed by atoms with E-state index >= 15 is 0 Å². The number of carbonyl (C=O) groups is 1. The number of rotatable bonds is 5. The molecule has 0 unspecified atom stereocenters. The molecule has 4 nitrogen and oxygen atoms in total. The molecule has 0 saturated carbocycles. The van der Waals surface area contributed by atoms with Gasteiger partial charge >= 0.3 is 5.97 Å². The second-order valence-electron chi connectivity index (χ2n) is 5.55. The van der Waals surface area contributed by atoms with Crippen molar-refractivity contribution in [2.45, 2.75) is 26.3 Å². The summed E-state index contributed by atoms with van der Waals surface area (Å²) in [7, 11) is 1.39. The van der Waals surface area contributed by atoms with E-state index in [0.717, 1.165) is 35.0 Å². The Bertz CT molecular complexity index is 836. The summed E-state index contributed by atoms with van der Waals surface area (Å²) in [4.78, 5) is 11.6. The minimum Gasteiger partial charge on any atom is -0.468 e. The summed E-state index contributed by atoms with van der Waals surface area (Å²) >= 11 is 0. The Morgan fingerprint density at radius 3 is 2.78 bits per heavy atom. The number of aromatic nitrogens is 2. The molecular weight excluding hydrogens is 288 g/mol. The van der Waals surface area contributed by atoms with E-state index in [-0.39, 0.29) is 12.5 Å². The van der Waals surface area contributed by atoms with Crippen LogP contribution >= 0.6 is 0 Å². The maximum atomic E-state index is 11.6. The van der Waals surface area contributed by atoms with Gasteiger partial charge in [-0.2, -0.15) is 5.10 Å². The smallest absolute Gasteiger partial charge is 0.327 e. The van der Waals surface area contributed by atoms with Crippen LogP contribution in [0.4, 0.5) is 0 Å². The molecule has 0 aliphatic rings. The van der Waals surface area contributed by atoms with E-state index in [0.29, 0.717) is 0 Å². The van der Waals surface area contributed by atoms with Gasteiger partial charge in [0.05, 0.1) is 12.6 Å². The lowest BCUT2D eigenvalue weighted by Gasteiger charge is -2.03. The van der Waals surface area contributed by atoms with Gasteiger partial charge in [0.25, 0.3) is 0 Å². The number of benzene rings is 2. The average molecular weight is 308 g/mol. The van der Waals surface area contributed by atoms with Crippen molar-refractivity contribution < 1.29 is 9.53 Å². The van der Waals surface area contributed by atoms with E-state index in [1.165, 1.54) is 12.7 Å². The molecule has 0 N–H and O–H groups in total. The van der Waals surface area contributed by atoms with Gasteiger partial charge < -0.3 is 4.74 Å². The second kappa shape index (κ2) is 6.65. The highest BCUT2D eigenvalue weighted by molar-refractivity contribution is 5.94. The van der Waals surface area contributed by atoms with Gasteiger partial charge in [-0.05, 0) is 24.1 Å². The van der Waals surface area contributed by atoms with Crippen molar-refractivity contribution in [2.75, 3.05) is 7.11 Å². The van der Waals surface area contributed by atoms with Gasteiger partial charge in [0.2, 0.25) is 0 Å². The molecule has 23 heavy (non-hydrogen) atoms. The van der Waals surface area contributed by atoms with Gasteiger partial charge in [0.15, 0.2) is 0 Å². The van der Waals surface area contributed by atoms with E-state index in [2.05, 4.69) is 36.3 Å². The van der Waals surface area contributed by atoms with E-state index in [9.17, 15) is 4.79 Å². The number of hydrogen-bond acceptors (Lipinski definition) is 3. The molecule has 0 radical (unpaired) electrons. The van der Waals surface area contributed by atoms with Gasteiger partial charge in [0.1, 0.15) is 12.2 Å². The first kappa shape index (κ1) is 15.3. The van der Waals surface area contributed by atoms with Crippen LogP contribution in [-0.4, -0.2) is 22.9 Å². The van der Waals surface area contributed by atoms with Gasteiger partial charge in [-0.1, -0.05) is 49.7 Å². The molecule has 0 amide bonds. The van der Waals surface area contributed by atoms with Crippen LogP contribution in [0.15, 0.2) is 48.5 Å². The summed E-state index contributed by atoms with van der Waals surface area (Å²) in [6, 6.07) is 16.4. The summed E-state index contributed by atoms with van der Waals surface area (Å²) < 4.78 is 6.48. The third-order valence-corrected chi connectivity index (χ3v) is 3.90. The molecule has 118 valence electrons. The molecule has 0 bridgehead atoms. The Morgan fingerprint density at radius 1 is 1.17 bits per heavy atom. The van der Waals surface area contributed by atoms with E-state index in [4.69, 9.17) is 4.74 Å². The maximum absolute atomic E-state index is 11.6. The van der Waals surface area contributed by atoms with Crippen LogP contribution < -0.4 is 0 Å². The van der Waals surface area contributed by atoms with Crippen LogP contribution in [0.2, 0.25) is 0 Å². The van der Waals surface area contributed by atoms with Crippen LogP contribution in [0.25, 0.3) is 22.2 Å². The van der Waals surface area contributed by atoms with Crippen LogP contribution in [0.1, 0.15) is 18.9 Å². The number of nitrogens with zero attached hydrogens (tertiary/aromatic N) is 2. The minimum absolute atomic E-state index is 0.117. The highest BCUT2D eigenvalue weighted by Gasteiger charge is 2.14. The first-order chi connectivity index (χ1) is 11.2. The van der Waals surface area contributed by atoms with E-state index in [1.54, 1.807) is 4.68 Å². The highest BCUT2D eigenvalue weighted by Crippen LogP contribution is 2.28. The Labute approximate surface area is 135 Å². The van der Waals surface area contributed by atoms with Gasteiger partial charge in [-0.25, -0.2) is 0 Å². The molecule has 3 aromatic rings. The molecule has 1 aromatic heterocycles. The summed E-state index contributed by atoms with van der Waals surface area (Å²) in [5.41, 5.74) is 4.23. The molecule has 0 aliphatic heterocycles. The third kappa shape index (κ3) is 3.11. The maximum Gasteiger partial charge on any atom is 0.327 e. The lowest BCUT2D eigenvalue weighted by atomic mass is 10.0. The monoisotopic (exact) mass is 308 g/mol. The van der Waals surface area contributed by atoms with Crippen molar-refractivity contribution in [1.29, 1.82) is 0 Å². The predicted octanol–water partition coefficient (Wildman–Crippen LogP) is 3.83. The van der Waals surface area contributed by atoms with Crippen molar-refractivity contribution in [2.24, 2.45) is 0 Å². The number of hydrogen-bond donors (Lipinski definition) is 0. The Kier molecular flexibility index (Phi) is 4.42. The fraction of sp³-hybridized carbons (Fsp3) is 0.263. The quantitative estimate of drug-likeness (QED) is 0.673. The van der Waals surface area contributed by atoms with Crippen LogP contribution in [0, 0.1) is 0 Å². The topological polar surface area (TPSA) is 44.1 Å². The van der Waals surface area contributed by atoms with Crippen LogP contribution in [0.3, 0.4) is 0 Å². The number of esters is 1. The number of methoxy groups -OCH3 is 1. The van der Waals surface area contributed by atoms with Crippen molar-refractivity contribution in [1.82, 2.24) is 9.78 Å². The molecule has 3 rings (SSSR count). The van der Waals surface area contributed by atoms with Crippen molar-refractivity contribution in [3.8, 4) is 11.3 Å². The molecule has 1 heterocycles. The van der Waals surface area contributed by atoms with Crippen LogP contribution in [0.5, 0.6) is 0 Å². The molecule has 0 atom stereocenters. The highest BCUT2D eigenvalue weighted by atomic mass is 16.5. The normalized spacial score (nSPS) is 10.9. The number of carbonyl (C=O) groups excluding carboxylic acids is 1. The Morgan fingerprint density at radius 2 is 2.00 bits per heavy atom. The number of aryl methyl sites for hydroxylation is 1.